The third-order valence-electron chi connectivity index (χ3n) is 4.09. The van der Waals surface area contributed by atoms with Gasteiger partial charge in [0.15, 0.2) is 6.61 Å². The summed E-state index contributed by atoms with van der Waals surface area (Å²) in [6.07, 6.45) is 1.65. The van der Waals surface area contributed by atoms with Gasteiger partial charge in [-0.3, -0.25) is 4.72 Å². The van der Waals surface area contributed by atoms with Crippen LogP contribution in [0.15, 0.2) is 58.0 Å². The number of carboxylic acid groups (broad SMARTS) is 1. The minimum atomic E-state index is -4.02. The molecule has 2 aromatic carbocycles. The molecule has 1 aromatic heterocycles. The van der Waals surface area contributed by atoms with Gasteiger partial charge in [-0.1, -0.05) is 25.4 Å². The number of benzene rings is 2. The highest BCUT2D eigenvalue weighted by Crippen LogP contribution is 2.25. The SMILES string of the molecule is CC(C)c1cnc(COc2ccc(S(=O)(=O)Nc3ccc(Cl)cc3C(=O)O)cc2)o1. The predicted molar refractivity (Wildman–Crippen MR) is 111 cm³/mol. The molecular weight excluding hydrogens is 432 g/mol. The third kappa shape index (κ3) is 5.11. The number of aromatic carboxylic acids is 1. The van der Waals surface area contributed by atoms with Crippen molar-refractivity contribution in [1.82, 2.24) is 4.98 Å². The number of carboxylic acids is 1. The van der Waals surface area contributed by atoms with E-state index in [1.807, 2.05) is 13.8 Å². The highest BCUT2D eigenvalue weighted by Gasteiger charge is 2.19. The summed E-state index contributed by atoms with van der Waals surface area (Å²) in [7, 11) is -4.02. The summed E-state index contributed by atoms with van der Waals surface area (Å²) in [4.78, 5) is 15.4. The number of hydrogen-bond acceptors (Lipinski definition) is 6. The summed E-state index contributed by atoms with van der Waals surface area (Å²) in [6.45, 7) is 4.08. The summed E-state index contributed by atoms with van der Waals surface area (Å²) in [6, 6.07) is 9.54. The van der Waals surface area contributed by atoms with Gasteiger partial charge in [-0.25, -0.2) is 18.2 Å². The van der Waals surface area contributed by atoms with Gasteiger partial charge in [-0.2, -0.15) is 0 Å². The van der Waals surface area contributed by atoms with E-state index in [4.69, 9.17) is 20.8 Å². The molecule has 0 aliphatic rings. The number of hydrogen-bond donors (Lipinski definition) is 2. The van der Waals surface area contributed by atoms with Crippen LogP contribution in [0.4, 0.5) is 5.69 Å². The molecule has 0 aliphatic carbocycles. The van der Waals surface area contributed by atoms with Gasteiger partial charge < -0.3 is 14.3 Å². The molecule has 8 nitrogen and oxygen atoms in total. The van der Waals surface area contributed by atoms with Crippen LogP contribution in [0.5, 0.6) is 5.75 Å². The molecular formula is C20H19ClN2O6S. The second kappa shape index (κ2) is 8.76. The highest BCUT2D eigenvalue weighted by molar-refractivity contribution is 7.92. The number of anilines is 1. The normalized spacial score (nSPS) is 11.5. The van der Waals surface area contributed by atoms with E-state index in [1.54, 1.807) is 6.20 Å². The number of carbonyl (C=O) groups is 1. The molecule has 10 heteroatoms. The van der Waals surface area contributed by atoms with Gasteiger partial charge in [0.05, 0.1) is 22.3 Å². The standard InChI is InChI=1S/C20H19ClN2O6S/c1-12(2)18-10-22-19(29-18)11-28-14-4-6-15(7-5-14)30(26,27)23-17-8-3-13(21)9-16(17)20(24)25/h3-10,12,23H,11H2,1-2H3,(H,24,25). The molecule has 3 aromatic rings. The quantitative estimate of drug-likeness (QED) is 0.517. The van der Waals surface area contributed by atoms with E-state index in [0.717, 1.165) is 5.76 Å². The van der Waals surface area contributed by atoms with Crippen LogP contribution in [0.25, 0.3) is 0 Å². The average Bonchev–Trinajstić information content (AvgIpc) is 3.17. The van der Waals surface area contributed by atoms with E-state index < -0.39 is 16.0 Å². The number of ether oxygens (including phenoxy) is 1. The van der Waals surface area contributed by atoms with Crippen LogP contribution in [-0.4, -0.2) is 24.5 Å². The van der Waals surface area contributed by atoms with E-state index in [2.05, 4.69) is 9.71 Å². The van der Waals surface area contributed by atoms with Gasteiger partial charge >= 0.3 is 5.97 Å². The fraction of sp³-hybridized carbons (Fsp3) is 0.200. The molecule has 2 N–H and O–H groups in total. The van der Waals surface area contributed by atoms with Gasteiger partial charge in [0.1, 0.15) is 11.5 Å². The van der Waals surface area contributed by atoms with Gasteiger partial charge in [0.25, 0.3) is 10.0 Å². The Bertz CT molecular complexity index is 1160. The number of oxazole rings is 1. The van der Waals surface area contributed by atoms with E-state index in [9.17, 15) is 18.3 Å². The van der Waals surface area contributed by atoms with Crippen LogP contribution >= 0.6 is 11.6 Å². The molecule has 0 atom stereocenters. The Balaban J connectivity index is 1.71. The van der Waals surface area contributed by atoms with Gasteiger partial charge in [0, 0.05) is 10.9 Å². The molecule has 158 valence electrons. The first-order valence-electron chi connectivity index (χ1n) is 8.89. The lowest BCUT2D eigenvalue weighted by Gasteiger charge is -2.11. The smallest absolute Gasteiger partial charge is 0.337 e. The van der Waals surface area contributed by atoms with Crippen molar-refractivity contribution in [3.8, 4) is 5.75 Å². The Morgan fingerprint density at radius 3 is 2.53 bits per heavy atom. The monoisotopic (exact) mass is 450 g/mol. The predicted octanol–water partition coefficient (Wildman–Crippen LogP) is 4.53. The van der Waals surface area contributed by atoms with Crippen molar-refractivity contribution < 1.29 is 27.5 Å². The second-order valence-corrected chi connectivity index (χ2v) is 8.79. The van der Waals surface area contributed by atoms with Crippen molar-refractivity contribution in [3.05, 3.63) is 70.9 Å². The molecule has 0 saturated heterocycles. The Morgan fingerprint density at radius 2 is 1.93 bits per heavy atom. The second-order valence-electron chi connectivity index (χ2n) is 6.67. The number of nitrogens with zero attached hydrogens (tertiary/aromatic N) is 1. The first-order valence-corrected chi connectivity index (χ1v) is 10.7. The summed E-state index contributed by atoms with van der Waals surface area (Å²) < 4.78 is 38.6. The van der Waals surface area contributed by atoms with Crippen molar-refractivity contribution in [2.75, 3.05) is 4.72 Å². The van der Waals surface area contributed by atoms with Crippen LogP contribution in [0.2, 0.25) is 5.02 Å². The molecule has 0 fully saturated rings. The lowest BCUT2D eigenvalue weighted by atomic mass is 10.2. The molecule has 0 radical (unpaired) electrons. The Labute approximate surface area is 178 Å². The molecule has 1 heterocycles. The number of aromatic nitrogens is 1. The largest absolute Gasteiger partial charge is 0.484 e. The third-order valence-corrected chi connectivity index (χ3v) is 5.71. The van der Waals surface area contributed by atoms with E-state index in [0.29, 0.717) is 11.6 Å². The Hall–Kier alpha value is -3.04. The molecule has 3 rings (SSSR count). The zero-order valence-corrected chi connectivity index (χ0v) is 17.7. The maximum absolute atomic E-state index is 12.6. The van der Waals surface area contributed by atoms with Crippen LogP contribution in [0, 0.1) is 0 Å². The van der Waals surface area contributed by atoms with Crippen molar-refractivity contribution >= 4 is 33.3 Å². The minimum Gasteiger partial charge on any atom is -0.484 e. The molecule has 0 aliphatic heterocycles. The maximum Gasteiger partial charge on any atom is 0.337 e. The Morgan fingerprint density at radius 1 is 1.23 bits per heavy atom. The van der Waals surface area contributed by atoms with Crippen LogP contribution in [0.3, 0.4) is 0 Å². The molecule has 0 bridgehead atoms. The molecule has 0 saturated carbocycles. The zero-order chi connectivity index (χ0) is 21.9. The van der Waals surface area contributed by atoms with Gasteiger partial charge in [-0.05, 0) is 42.5 Å². The lowest BCUT2D eigenvalue weighted by Crippen LogP contribution is -2.15. The Kier molecular flexibility index (Phi) is 6.33. The van der Waals surface area contributed by atoms with Crippen LogP contribution < -0.4 is 9.46 Å². The summed E-state index contributed by atoms with van der Waals surface area (Å²) >= 11 is 5.79. The van der Waals surface area contributed by atoms with E-state index >= 15 is 0 Å². The summed E-state index contributed by atoms with van der Waals surface area (Å²) in [5, 5.41) is 9.44. The maximum atomic E-state index is 12.6. The lowest BCUT2D eigenvalue weighted by molar-refractivity contribution is 0.0698. The average molecular weight is 451 g/mol. The number of rotatable bonds is 8. The first-order chi connectivity index (χ1) is 14.2. The number of sulfonamides is 1. The minimum absolute atomic E-state index is 0.0562. The fourth-order valence-corrected chi connectivity index (χ4v) is 3.76. The number of nitrogens with one attached hydrogen (secondary N) is 1. The van der Waals surface area contributed by atoms with Gasteiger partial charge in [0.2, 0.25) is 5.89 Å². The van der Waals surface area contributed by atoms with Crippen molar-refractivity contribution in [2.24, 2.45) is 0 Å². The van der Waals surface area contributed by atoms with Crippen molar-refractivity contribution in [3.63, 3.8) is 0 Å². The van der Waals surface area contributed by atoms with Crippen molar-refractivity contribution in [1.29, 1.82) is 0 Å². The van der Waals surface area contributed by atoms with Crippen LogP contribution in [-0.2, 0) is 16.6 Å². The summed E-state index contributed by atoms with van der Waals surface area (Å²) in [5.41, 5.74) is -0.338. The first kappa shape index (κ1) is 21.7. The van der Waals surface area contributed by atoms with Crippen molar-refractivity contribution in [2.45, 2.75) is 31.3 Å². The number of halogens is 1. The summed E-state index contributed by atoms with van der Waals surface area (Å²) in [5.74, 6) is 0.512. The van der Waals surface area contributed by atoms with Gasteiger partial charge in [-0.15, -0.1) is 0 Å². The molecule has 0 amide bonds. The van der Waals surface area contributed by atoms with E-state index in [1.165, 1.54) is 42.5 Å². The fourth-order valence-electron chi connectivity index (χ4n) is 2.50. The highest BCUT2D eigenvalue weighted by atomic mass is 35.5. The van der Waals surface area contributed by atoms with E-state index in [-0.39, 0.29) is 33.7 Å². The molecule has 0 unspecified atom stereocenters. The molecule has 30 heavy (non-hydrogen) atoms. The zero-order valence-electron chi connectivity index (χ0n) is 16.1. The topological polar surface area (TPSA) is 119 Å². The molecule has 0 spiro atoms. The van der Waals surface area contributed by atoms with Crippen LogP contribution in [0.1, 0.15) is 41.8 Å².